The van der Waals surface area contributed by atoms with E-state index in [1.165, 1.54) is 10.7 Å². The zero-order chi connectivity index (χ0) is 26.7. The molecule has 4 aromatic rings. The second-order valence-corrected chi connectivity index (χ2v) is 9.05. The molecule has 0 spiro atoms. The third-order valence-electron chi connectivity index (χ3n) is 5.45. The summed E-state index contributed by atoms with van der Waals surface area (Å²) in [4.78, 5) is 30.0. The highest BCUT2D eigenvalue weighted by Crippen LogP contribution is 2.29. The first-order valence-electron chi connectivity index (χ1n) is 11.4. The third kappa shape index (κ3) is 5.49. The number of para-hydroxylation sites is 1. The number of hydrogen-bond acceptors (Lipinski definition) is 6. The van der Waals surface area contributed by atoms with Crippen LogP contribution in [0.4, 0.5) is 11.4 Å². The molecular weight excluding hydrogens is 494 g/mol. The number of halogens is 1. The van der Waals surface area contributed by atoms with Gasteiger partial charge >= 0.3 is 0 Å². The van der Waals surface area contributed by atoms with E-state index in [9.17, 15) is 9.59 Å². The van der Waals surface area contributed by atoms with Crippen LogP contribution in [0.2, 0.25) is 5.02 Å². The fourth-order valence-electron chi connectivity index (χ4n) is 3.72. The molecular formula is C25H24ClN9O2. The molecule has 12 heteroatoms. The van der Waals surface area contributed by atoms with Crippen LogP contribution in [0.3, 0.4) is 0 Å². The minimum Gasteiger partial charge on any atom is -0.350 e. The lowest BCUT2D eigenvalue weighted by Gasteiger charge is -2.17. The van der Waals surface area contributed by atoms with Crippen molar-refractivity contribution >= 4 is 34.8 Å². The van der Waals surface area contributed by atoms with Gasteiger partial charge in [0, 0.05) is 6.04 Å². The van der Waals surface area contributed by atoms with Crippen LogP contribution in [0.25, 0.3) is 10.5 Å². The van der Waals surface area contributed by atoms with Crippen molar-refractivity contribution in [2.45, 2.75) is 40.3 Å². The van der Waals surface area contributed by atoms with E-state index < -0.39 is 11.8 Å². The molecule has 0 aliphatic carbocycles. The van der Waals surface area contributed by atoms with Gasteiger partial charge in [0.15, 0.2) is 5.69 Å². The Morgan fingerprint density at radius 2 is 1.89 bits per heavy atom. The largest absolute Gasteiger partial charge is 0.350 e. The second kappa shape index (κ2) is 10.6. The summed E-state index contributed by atoms with van der Waals surface area (Å²) in [6.45, 7) is 14.8. The highest BCUT2D eigenvalue weighted by molar-refractivity contribution is 6.32. The van der Waals surface area contributed by atoms with E-state index in [1.54, 1.807) is 54.9 Å². The molecule has 0 radical (unpaired) electrons. The van der Waals surface area contributed by atoms with Gasteiger partial charge in [0.1, 0.15) is 11.5 Å². The molecule has 2 N–H and O–H groups in total. The predicted octanol–water partition coefficient (Wildman–Crippen LogP) is 4.12. The van der Waals surface area contributed by atoms with Crippen LogP contribution in [-0.4, -0.2) is 47.8 Å². The van der Waals surface area contributed by atoms with Crippen molar-refractivity contribution in [3.63, 3.8) is 0 Å². The van der Waals surface area contributed by atoms with Gasteiger partial charge in [0.2, 0.25) is 0 Å². The van der Waals surface area contributed by atoms with E-state index in [1.807, 2.05) is 13.8 Å². The van der Waals surface area contributed by atoms with Gasteiger partial charge < -0.3 is 10.6 Å². The molecule has 0 atom stereocenters. The van der Waals surface area contributed by atoms with Gasteiger partial charge in [-0.3, -0.25) is 9.59 Å². The van der Waals surface area contributed by atoms with Crippen LogP contribution < -0.4 is 10.6 Å². The lowest BCUT2D eigenvalue weighted by atomic mass is 10.0. The van der Waals surface area contributed by atoms with Crippen LogP contribution in [0.5, 0.6) is 0 Å². The highest BCUT2D eigenvalue weighted by atomic mass is 35.5. The van der Waals surface area contributed by atoms with Gasteiger partial charge in [-0.05, 0) is 68.0 Å². The van der Waals surface area contributed by atoms with Crippen molar-refractivity contribution in [1.29, 1.82) is 0 Å². The Kier molecular flexibility index (Phi) is 7.31. The van der Waals surface area contributed by atoms with E-state index in [0.717, 1.165) is 0 Å². The van der Waals surface area contributed by atoms with Crippen LogP contribution in [0, 0.1) is 20.4 Å². The number of aryl methyl sites for hydroxylation is 2. The molecule has 0 saturated carbocycles. The summed E-state index contributed by atoms with van der Waals surface area (Å²) < 4.78 is 3.01. The maximum Gasteiger partial charge on any atom is 0.274 e. The van der Waals surface area contributed by atoms with Gasteiger partial charge in [0.05, 0.1) is 40.8 Å². The minimum absolute atomic E-state index is 0.133. The number of amides is 2. The Morgan fingerprint density at radius 3 is 2.54 bits per heavy atom. The van der Waals surface area contributed by atoms with Crippen molar-refractivity contribution < 1.29 is 9.59 Å². The number of nitrogens with zero attached hydrogens (tertiary/aromatic N) is 7. The van der Waals surface area contributed by atoms with Gasteiger partial charge in [-0.1, -0.05) is 29.8 Å². The molecule has 0 aliphatic rings. The molecule has 2 aromatic carbocycles. The number of aromatic nitrogens is 6. The van der Waals surface area contributed by atoms with E-state index in [4.69, 9.17) is 18.2 Å². The zero-order valence-corrected chi connectivity index (χ0v) is 21.4. The van der Waals surface area contributed by atoms with E-state index >= 15 is 0 Å². The molecule has 2 amide bonds. The first kappa shape index (κ1) is 25.5. The topological polar surface area (TPSA) is 124 Å². The average molecular weight is 518 g/mol. The van der Waals surface area contributed by atoms with Crippen molar-refractivity contribution in [2.75, 3.05) is 5.32 Å². The van der Waals surface area contributed by atoms with Crippen LogP contribution in [-0.2, 0) is 6.54 Å². The van der Waals surface area contributed by atoms with Crippen molar-refractivity contribution in [3.8, 4) is 5.69 Å². The minimum atomic E-state index is -0.510. The predicted molar refractivity (Wildman–Crippen MR) is 138 cm³/mol. The summed E-state index contributed by atoms with van der Waals surface area (Å²) in [5, 5.41) is 22.2. The number of tetrazole rings is 1. The standard InChI is InChI=1S/C25H24ClN9O2/c1-14(2)28-24(36)19-11-17(27-5)10-15(3)23(19)29-25(37)22-12-18(13-34-16(4)30-32-33-34)31-35(22)21-9-7-6-8-20(21)26/h6-12,14H,13H2,1-4H3,(H,28,36)(H,29,37). The maximum absolute atomic E-state index is 13.7. The maximum atomic E-state index is 13.7. The summed E-state index contributed by atoms with van der Waals surface area (Å²) in [6.07, 6.45) is 0. The molecule has 0 bridgehead atoms. The van der Waals surface area contributed by atoms with E-state index in [2.05, 4.69) is 36.1 Å². The Morgan fingerprint density at radius 1 is 1.14 bits per heavy atom. The molecule has 4 rings (SSSR count). The van der Waals surface area contributed by atoms with Crippen LogP contribution in [0.1, 0.15) is 51.8 Å². The van der Waals surface area contributed by atoms with Gasteiger partial charge in [-0.2, -0.15) is 5.10 Å². The highest BCUT2D eigenvalue weighted by Gasteiger charge is 2.23. The number of anilines is 1. The molecule has 188 valence electrons. The first-order chi connectivity index (χ1) is 17.7. The molecule has 2 heterocycles. The zero-order valence-electron chi connectivity index (χ0n) is 20.7. The molecule has 11 nitrogen and oxygen atoms in total. The smallest absolute Gasteiger partial charge is 0.274 e. The summed E-state index contributed by atoms with van der Waals surface area (Å²) >= 11 is 6.44. The Bertz CT molecular complexity index is 1530. The molecule has 0 fully saturated rings. The lowest BCUT2D eigenvalue weighted by Crippen LogP contribution is -2.31. The fraction of sp³-hybridized carbons (Fsp3) is 0.240. The molecule has 0 unspecified atom stereocenters. The average Bonchev–Trinajstić information content (AvgIpc) is 3.46. The number of carbonyl (C=O) groups is 2. The quantitative estimate of drug-likeness (QED) is 0.355. The Hall–Kier alpha value is -4.56. The van der Waals surface area contributed by atoms with Gasteiger partial charge in [-0.15, -0.1) is 5.10 Å². The summed E-state index contributed by atoms with van der Waals surface area (Å²) in [7, 11) is 0. The summed E-state index contributed by atoms with van der Waals surface area (Å²) in [6, 6.07) is 11.6. The summed E-state index contributed by atoms with van der Waals surface area (Å²) in [5.74, 6) is -0.313. The van der Waals surface area contributed by atoms with Crippen LogP contribution in [0.15, 0.2) is 42.5 Å². The molecule has 0 saturated heterocycles. The monoisotopic (exact) mass is 517 g/mol. The van der Waals surface area contributed by atoms with E-state index in [-0.39, 0.29) is 23.8 Å². The summed E-state index contributed by atoms with van der Waals surface area (Å²) in [5.41, 5.74) is 2.60. The molecule has 2 aromatic heterocycles. The molecule has 37 heavy (non-hydrogen) atoms. The Balaban J connectivity index is 1.77. The SMILES string of the molecule is [C-]#[N+]c1cc(C)c(NC(=O)c2cc(Cn3nnnc3C)nn2-c2ccccc2Cl)c(C(=O)NC(C)C)c1. The lowest BCUT2D eigenvalue weighted by molar-refractivity contribution is 0.0944. The Labute approximate surface area is 218 Å². The normalized spacial score (nSPS) is 10.8. The van der Waals surface area contributed by atoms with E-state index in [0.29, 0.717) is 39.2 Å². The van der Waals surface area contributed by atoms with Crippen molar-refractivity contribution in [2.24, 2.45) is 0 Å². The van der Waals surface area contributed by atoms with Crippen molar-refractivity contribution in [3.05, 3.63) is 87.2 Å². The fourth-order valence-corrected chi connectivity index (χ4v) is 3.94. The number of carbonyl (C=O) groups excluding carboxylic acids is 2. The number of rotatable bonds is 7. The van der Waals surface area contributed by atoms with Gasteiger partial charge in [0.25, 0.3) is 11.8 Å². The number of hydrogen-bond donors (Lipinski definition) is 2. The first-order valence-corrected chi connectivity index (χ1v) is 11.8. The third-order valence-corrected chi connectivity index (χ3v) is 5.77. The molecule has 0 aliphatic heterocycles. The van der Waals surface area contributed by atoms with Crippen LogP contribution >= 0.6 is 11.6 Å². The van der Waals surface area contributed by atoms with Gasteiger partial charge in [-0.25, -0.2) is 14.2 Å². The van der Waals surface area contributed by atoms with Crippen molar-refractivity contribution in [1.82, 2.24) is 35.3 Å². The number of benzene rings is 2. The number of nitrogens with one attached hydrogen (secondary N) is 2. The second-order valence-electron chi connectivity index (χ2n) is 8.65.